The quantitative estimate of drug-likeness (QED) is 0.573. The van der Waals surface area contributed by atoms with Crippen molar-refractivity contribution >= 4 is 0 Å². The molecule has 1 rings (SSSR count). The number of nitrogens with zero attached hydrogens (tertiary/aromatic N) is 1. The topological polar surface area (TPSA) is 12.9 Å². The van der Waals surface area contributed by atoms with Crippen molar-refractivity contribution in [3.8, 4) is 0 Å². The largest absolute Gasteiger partial charge is 0.261 e. The maximum absolute atomic E-state index is 4.10. The molecule has 0 N–H and O–H groups in total. The fourth-order valence-electron chi connectivity index (χ4n) is 0.607. The zero-order valence-corrected chi connectivity index (χ0v) is 6.42. The van der Waals surface area contributed by atoms with Crippen molar-refractivity contribution < 1.29 is 17.1 Å². The molecule has 0 unspecified atom stereocenters. The van der Waals surface area contributed by atoms with Crippen molar-refractivity contribution in [1.82, 2.24) is 4.98 Å². The number of hydrogen-bond donors (Lipinski definition) is 0. The number of rotatable bonds is 1. The summed E-state index contributed by atoms with van der Waals surface area (Å²) >= 11 is 0. The molecule has 1 heterocycles. The Balaban J connectivity index is 0.000000640. The van der Waals surface area contributed by atoms with Gasteiger partial charge in [0.05, 0.1) is 0 Å². The third-order valence-corrected chi connectivity index (χ3v) is 1.09. The first-order valence-corrected chi connectivity index (χ1v) is 2.83. The molecule has 0 aliphatic rings. The zero-order valence-electron chi connectivity index (χ0n) is 5.32. The Morgan fingerprint density at radius 2 is 2.22 bits per heavy atom. The molecule has 0 bridgehead atoms. The van der Waals surface area contributed by atoms with Crippen LogP contribution in [0.2, 0.25) is 0 Å². The van der Waals surface area contributed by atoms with Gasteiger partial charge in [0.2, 0.25) is 0 Å². The maximum atomic E-state index is 4.10. The van der Waals surface area contributed by atoms with Crippen LogP contribution in [0.5, 0.6) is 0 Å². The van der Waals surface area contributed by atoms with Crippen LogP contribution in [0, 0.1) is 0 Å². The Morgan fingerprint density at radius 3 is 2.56 bits per heavy atom. The van der Waals surface area contributed by atoms with Crippen molar-refractivity contribution in [3.05, 3.63) is 30.1 Å². The van der Waals surface area contributed by atoms with E-state index in [1.165, 1.54) is 0 Å². The van der Waals surface area contributed by atoms with E-state index in [1.807, 2.05) is 24.4 Å². The van der Waals surface area contributed by atoms with E-state index >= 15 is 0 Å². The molecule has 9 heavy (non-hydrogen) atoms. The van der Waals surface area contributed by atoms with E-state index in [9.17, 15) is 0 Å². The Bertz CT molecular complexity index is 150. The van der Waals surface area contributed by atoms with Gasteiger partial charge in [0, 0.05) is 29.0 Å². The third-order valence-electron chi connectivity index (χ3n) is 1.09. The fourth-order valence-corrected chi connectivity index (χ4v) is 0.607. The van der Waals surface area contributed by atoms with E-state index in [4.69, 9.17) is 0 Å². The van der Waals surface area contributed by atoms with Gasteiger partial charge in [0.1, 0.15) is 0 Å². The summed E-state index contributed by atoms with van der Waals surface area (Å²) in [6.07, 6.45) is 2.85. The molecule has 1 aromatic heterocycles. The van der Waals surface area contributed by atoms with Crippen LogP contribution in [0.4, 0.5) is 0 Å². The molecule has 2 heteroatoms. The van der Waals surface area contributed by atoms with E-state index in [2.05, 4.69) is 11.9 Å². The van der Waals surface area contributed by atoms with Gasteiger partial charge in [-0.25, -0.2) is 0 Å². The first-order chi connectivity index (χ1) is 3.93. The molecule has 0 amide bonds. The first-order valence-electron chi connectivity index (χ1n) is 2.83. The van der Waals surface area contributed by atoms with Crippen LogP contribution in [0.1, 0.15) is 12.6 Å². The van der Waals surface area contributed by atoms with Gasteiger partial charge in [0.25, 0.3) is 0 Å². The average molecular weight is 163 g/mol. The Kier molecular flexibility index (Phi) is 4.37. The van der Waals surface area contributed by atoms with Gasteiger partial charge in [-0.2, -0.15) is 0 Å². The summed E-state index contributed by atoms with van der Waals surface area (Å²) in [6, 6.07) is 5.96. The smallest absolute Gasteiger partial charge is 0.0400 e. The van der Waals surface area contributed by atoms with Gasteiger partial charge in [0.15, 0.2) is 0 Å². The standard InChI is InChI=1S/C7H9N.Fe/c1-2-7-5-3-4-6-8-7;/h3-6H,2H2,1H3;. The molecule has 0 aromatic carbocycles. The average Bonchev–Trinajstić information content (AvgIpc) is 1.90. The van der Waals surface area contributed by atoms with Crippen LogP contribution in [-0.4, -0.2) is 4.98 Å². The van der Waals surface area contributed by atoms with E-state index in [0.29, 0.717) is 0 Å². The predicted molar refractivity (Wildman–Crippen MR) is 33.6 cm³/mol. The predicted octanol–water partition coefficient (Wildman–Crippen LogP) is 1.64. The minimum absolute atomic E-state index is 0. The molecular formula is C7H9FeN. The van der Waals surface area contributed by atoms with Gasteiger partial charge >= 0.3 is 0 Å². The summed E-state index contributed by atoms with van der Waals surface area (Å²) in [5.74, 6) is 0. The van der Waals surface area contributed by atoms with Gasteiger partial charge < -0.3 is 0 Å². The van der Waals surface area contributed by atoms with E-state index in [0.717, 1.165) is 12.1 Å². The second-order valence-corrected chi connectivity index (χ2v) is 1.67. The van der Waals surface area contributed by atoms with E-state index in [-0.39, 0.29) is 17.1 Å². The monoisotopic (exact) mass is 163 g/mol. The molecule has 0 aliphatic carbocycles. The summed E-state index contributed by atoms with van der Waals surface area (Å²) < 4.78 is 0. The first kappa shape index (κ1) is 8.67. The van der Waals surface area contributed by atoms with Crippen molar-refractivity contribution in [3.63, 3.8) is 0 Å². The second-order valence-electron chi connectivity index (χ2n) is 1.67. The summed E-state index contributed by atoms with van der Waals surface area (Å²) in [6.45, 7) is 2.10. The molecule has 0 saturated heterocycles. The van der Waals surface area contributed by atoms with E-state index in [1.54, 1.807) is 0 Å². The summed E-state index contributed by atoms with van der Waals surface area (Å²) in [4.78, 5) is 4.10. The Morgan fingerprint density at radius 1 is 1.44 bits per heavy atom. The van der Waals surface area contributed by atoms with Crippen LogP contribution in [0.15, 0.2) is 24.4 Å². The number of aryl methyl sites for hydroxylation is 1. The van der Waals surface area contributed by atoms with Crippen LogP contribution >= 0.6 is 0 Å². The number of pyridine rings is 1. The molecule has 0 fully saturated rings. The Labute approximate surface area is 66.0 Å². The molecule has 1 aromatic rings. The molecule has 1 nitrogen and oxygen atoms in total. The van der Waals surface area contributed by atoms with Crippen molar-refractivity contribution in [2.45, 2.75) is 13.3 Å². The SMILES string of the molecule is CCc1ccccn1.[Fe]. The molecule has 50 valence electrons. The van der Waals surface area contributed by atoms with Crippen LogP contribution in [0.25, 0.3) is 0 Å². The van der Waals surface area contributed by atoms with Gasteiger partial charge in [-0.05, 0) is 18.6 Å². The maximum Gasteiger partial charge on any atom is 0.0400 e. The number of aromatic nitrogens is 1. The van der Waals surface area contributed by atoms with Gasteiger partial charge in [-0.1, -0.05) is 13.0 Å². The summed E-state index contributed by atoms with van der Waals surface area (Å²) in [5, 5.41) is 0. The van der Waals surface area contributed by atoms with Crippen molar-refractivity contribution in [1.29, 1.82) is 0 Å². The molecule has 0 saturated carbocycles. The van der Waals surface area contributed by atoms with Gasteiger partial charge in [-0.3, -0.25) is 4.98 Å². The molecular weight excluding hydrogens is 154 g/mol. The Hall–Kier alpha value is -0.331. The fraction of sp³-hybridized carbons (Fsp3) is 0.286. The summed E-state index contributed by atoms with van der Waals surface area (Å²) in [5.41, 5.74) is 1.16. The minimum atomic E-state index is 0. The second kappa shape index (κ2) is 4.54. The molecule has 0 spiro atoms. The third kappa shape index (κ3) is 2.64. The number of hydrogen-bond acceptors (Lipinski definition) is 1. The minimum Gasteiger partial charge on any atom is -0.261 e. The van der Waals surface area contributed by atoms with Crippen LogP contribution in [-0.2, 0) is 23.5 Å². The molecule has 0 radical (unpaired) electrons. The van der Waals surface area contributed by atoms with Crippen molar-refractivity contribution in [2.24, 2.45) is 0 Å². The normalized spacial score (nSPS) is 8.11. The van der Waals surface area contributed by atoms with E-state index < -0.39 is 0 Å². The van der Waals surface area contributed by atoms with Crippen LogP contribution in [0.3, 0.4) is 0 Å². The van der Waals surface area contributed by atoms with Gasteiger partial charge in [-0.15, -0.1) is 0 Å². The van der Waals surface area contributed by atoms with Crippen LogP contribution < -0.4 is 0 Å². The molecule has 0 atom stereocenters. The summed E-state index contributed by atoms with van der Waals surface area (Å²) in [7, 11) is 0. The molecule has 0 aliphatic heterocycles. The zero-order chi connectivity index (χ0) is 5.82. The van der Waals surface area contributed by atoms with Crippen molar-refractivity contribution in [2.75, 3.05) is 0 Å².